The summed E-state index contributed by atoms with van der Waals surface area (Å²) < 4.78 is 4.79. The molecule has 0 spiro atoms. The van der Waals surface area contributed by atoms with Gasteiger partial charge < -0.3 is 14.7 Å². The molecule has 0 radical (unpaired) electrons. The van der Waals surface area contributed by atoms with E-state index in [1.165, 1.54) is 24.4 Å². The van der Waals surface area contributed by atoms with Crippen LogP contribution in [0.25, 0.3) is 0 Å². The molecule has 7 heteroatoms. The number of nitrogens with zero attached hydrogens (tertiary/aromatic N) is 1. The van der Waals surface area contributed by atoms with E-state index < -0.39 is 5.97 Å². The van der Waals surface area contributed by atoms with Gasteiger partial charge in [0.25, 0.3) is 0 Å². The van der Waals surface area contributed by atoms with Crippen LogP contribution in [0.5, 0.6) is 0 Å². The predicted octanol–water partition coefficient (Wildman–Crippen LogP) is 4.02. The van der Waals surface area contributed by atoms with E-state index in [2.05, 4.69) is 27.1 Å². The van der Waals surface area contributed by atoms with Crippen LogP contribution < -0.4 is 0 Å². The minimum absolute atomic E-state index is 0.0839. The largest absolute Gasteiger partial charge is 0.465 e. The third kappa shape index (κ3) is 4.20. The number of methoxy groups -OCH3 is 1. The van der Waals surface area contributed by atoms with E-state index >= 15 is 0 Å². The summed E-state index contributed by atoms with van der Waals surface area (Å²) in [7, 11) is 1.33. The smallest absolute Gasteiger partial charge is 0.339 e. The summed E-state index contributed by atoms with van der Waals surface area (Å²) in [5.41, 5.74) is 5.29. The fourth-order valence-corrected chi connectivity index (χ4v) is 3.95. The molecule has 0 fully saturated rings. The Morgan fingerprint density at radius 1 is 1.07 bits per heavy atom. The molecule has 146 valence electrons. The SMILES string of the molecule is COC(=O)c1c(C)[nH]c(C(=O)CSc2nc(Cc3ccccc3)c(C)[nH]2)c1C. The lowest BCUT2D eigenvalue weighted by Crippen LogP contribution is -2.07. The fourth-order valence-electron chi connectivity index (χ4n) is 3.14. The topological polar surface area (TPSA) is 87.8 Å². The number of hydrogen-bond acceptors (Lipinski definition) is 5. The Labute approximate surface area is 168 Å². The molecule has 0 saturated carbocycles. The van der Waals surface area contributed by atoms with E-state index in [1.807, 2.05) is 25.1 Å². The number of H-pyrrole nitrogens is 2. The van der Waals surface area contributed by atoms with Crippen molar-refractivity contribution in [2.45, 2.75) is 32.3 Å². The van der Waals surface area contributed by atoms with Crippen molar-refractivity contribution in [1.29, 1.82) is 0 Å². The van der Waals surface area contributed by atoms with Crippen LogP contribution in [0.1, 0.15) is 49.1 Å². The van der Waals surface area contributed by atoms with Gasteiger partial charge in [0.15, 0.2) is 10.9 Å². The number of ether oxygens (including phenoxy) is 1. The van der Waals surface area contributed by atoms with Gasteiger partial charge in [-0.2, -0.15) is 0 Å². The molecule has 2 heterocycles. The van der Waals surface area contributed by atoms with Gasteiger partial charge in [0.1, 0.15) is 0 Å². The van der Waals surface area contributed by atoms with Gasteiger partial charge in [-0.25, -0.2) is 9.78 Å². The highest BCUT2D eigenvalue weighted by molar-refractivity contribution is 7.99. The van der Waals surface area contributed by atoms with Gasteiger partial charge in [0, 0.05) is 17.8 Å². The first kappa shape index (κ1) is 19.9. The van der Waals surface area contributed by atoms with Crippen LogP contribution in [0.2, 0.25) is 0 Å². The average Bonchev–Trinajstić information content (AvgIpc) is 3.19. The molecule has 1 aromatic carbocycles. The number of carbonyl (C=O) groups is 2. The van der Waals surface area contributed by atoms with Gasteiger partial charge in [0.2, 0.25) is 0 Å². The summed E-state index contributed by atoms with van der Waals surface area (Å²) in [4.78, 5) is 35.4. The first-order valence-electron chi connectivity index (χ1n) is 8.93. The van der Waals surface area contributed by atoms with Gasteiger partial charge in [-0.3, -0.25) is 4.79 Å². The molecule has 0 aliphatic rings. The Kier molecular flexibility index (Phi) is 6.04. The number of Topliss-reactive ketones (excluding diaryl/α,β-unsaturated/α-hetero) is 1. The summed E-state index contributed by atoms with van der Waals surface area (Å²) in [6.07, 6.45) is 0.745. The Bertz CT molecular complexity index is 1010. The third-order valence-electron chi connectivity index (χ3n) is 4.62. The molecule has 0 saturated heterocycles. The van der Waals surface area contributed by atoms with Crippen molar-refractivity contribution in [3.05, 3.63) is 69.8 Å². The first-order valence-corrected chi connectivity index (χ1v) is 9.92. The van der Waals surface area contributed by atoms with E-state index in [-0.39, 0.29) is 11.5 Å². The number of aromatic nitrogens is 3. The number of esters is 1. The Morgan fingerprint density at radius 3 is 2.46 bits per heavy atom. The molecule has 3 rings (SSSR count). The number of thioether (sulfide) groups is 1. The number of benzene rings is 1. The number of hydrogen-bond donors (Lipinski definition) is 2. The normalized spacial score (nSPS) is 10.9. The minimum atomic E-state index is -0.440. The zero-order chi connectivity index (χ0) is 20.3. The number of aryl methyl sites for hydroxylation is 2. The summed E-state index contributed by atoms with van der Waals surface area (Å²) in [6, 6.07) is 10.1. The second-order valence-electron chi connectivity index (χ2n) is 6.60. The molecular weight excluding hydrogens is 374 g/mol. The van der Waals surface area contributed by atoms with Gasteiger partial charge in [0.05, 0.1) is 29.8 Å². The number of nitrogens with one attached hydrogen (secondary N) is 2. The van der Waals surface area contributed by atoms with Crippen molar-refractivity contribution >= 4 is 23.5 Å². The van der Waals surface area contributed by atoms with Crippen LogP contribution in [0.3, 0.4) is 0 Å². The highest BCUT2D eigenvalue weighted by Crippen LogP contribution is 2.23. The van der Waals surface area contributed by atoms with Crippen molar-refractivity contribution in [2.75, 3.05) is 12.9 Å². The van der Waals surface area contributed by atoms with Crippen molar-refractivity contribution in [1.82, 2.24) is 15.0 Å². The third-order valence-corrected chi connectivity index (χ3v) is 5.50. The Balaban J connectivity index is 1.69. The van der Waals surface area contributed by atoms with Crippen molar-refractivity contribution in [3.63, 3.8) is 0 Å². The standard InChI is InChI=1S/C21H23N3O3S/c1-12-18(20(26)27-4)14(3)22-19(12)17(25)11-28-21-23-13(2)16(24-21)10-15-8-6-5-7-9-15/h5-9,22H,10-11H2,1-4H3,(H,23,24). The van der Waals surface area contributed by atoms with Crippen LogP contribution >= 0.6 is 11.8 Å². The molecule has 0 bridgehead atoms. The quantitative estimate of drug-likeness (QED) is 0.357. The van der Waals surface area contributed by atoms with Crippen LogP contribution in [0, 0.1) is 20.8 Å². The first-order chi connectivity index (χ1) is 13.4. The minimum Gasteiger partial charge on any atom is -0.465 e. The predicted molar refractivity (Wildman–Crippen MR) is 109 cm³/mol. The summed E-state index contributed by atoms with van der Waals surface area (Å²) in [6.45, 7) is 5.50. The van der Waals surface area contributed by atoms with Crippen LogP contribution in [0.15, 0.2) is 35.5 Å². The molecule has 0 unspecified atom stereocenters. The van der Waals surface area contributed by atoms with Gasteiger partial charge in [-0.05, 0) is 31.9 Å². The van der Waals surface area contributed by atoms with Gasteiger partial charge >= 0.3 is 5.97 Å². The summed E-state index contributed by atoms with van der Waals surface area (Å²) in [5.74, 6) is -0.302. The van der Waals surface area contributed by atoms with Crippen LogP contribution in [0.4, 0.5) is 0 Å². The molecule has 3 aromatic rings. The lowest BCUT2D eigenvalue weighted by Gasteiger charge is -2.01. The second kappa shape index (κ2) is 8.48. The molecule has 2 aromatic heterocycles. The molecule has 6 nitrogen and oxygen atoms in total. The van der Waals surface area contributed by atoms with Crippen LogP contribution in [-0.2, 0) is 11.2 Å². The van der Waals surface area contributed by atoms with E-state index in [9.17, 15) is 9.59 Å². The fraction of sp³-hybridized carbons (Fsp3) is 0.286. The molecular formula is C21H23N3O3S. The van der Waals surface area contributed by atoms with Crippen molar-refractivity contribution in [2.24, 2.45) is 0 Å². The molecule has 0 aliphatic carbocycles. The maximum atomic E-state index is 12.7. The molecule has 0 aliphatic heterocycles. The maximum absolute atomic E-state index is 12.7. The van der Waals surface area contributed by atoms with E-state index in [4.69, 9.17) is 4.74 Å². The highest BCUT2D eigenvalue weighted by atomic mass is 32.2. The van der Waals surface area contributed by atoms with E-state index in [0.29, 0.717) is 27.7 Å². The molecule has 2 N–H and O–H groups in total. The lowest BCUT2D eigenvalue weighted by atomic mass is 10.1. The average molecular weight is 398 g/mol. The summed E-state index contributed by atoms with van der Waals surface area (Å²) >= 11 is 1.35. The van der Waals surface area contributed by atoms with Gasteiger partial charge in [-0.1, -0.05) is 42.1 Å². The van der Waals surface area contributed by atoms with E-state index in [1.54, 1.807) is 13.8 Å². The molecule has 0 amide bonds. The number of rotatable bonds is 7. The van der Waals surface area contributed by atoms with Crippen molar-refractivity contribution < 1.29 is 14.3 Å². The molecule has 28 heavy (non-hydrogen) atoms. The van der Waals surface area contributed by atoms with Crippen molar-refractivity contribution in [3.8, 4) is 0 Å². The highest BCUT2D eigenvalue weighted by Gasteiger charge is 2.22. The zero-order valence-corrected chi connectivity index (χ0v) is 17.2. The number of carbonyl (C=O) groups excluding carboxylic acids is 2. The Hall–Kier alpha value is -2.80. The Morgan fingerprint density at radius 2 is 1.79 bits per heavy atom. The van der Waals surface area contributed by atoms with E-state index in [0.717, 1.165) is 17.8 Å². The monoisotopic (exact) mass is 397 g/mol. The number of ketones is 1. The number of aromatic amines is 2. The summed E-state index contributed by atoms with van der Waals surface area (Å²) in [5, 5.41) is 0.714. The molecule has 0 atom stereocenters. The van der Waals surface area contributed by atoms with Gasteiger partial charge in [-0.15, -0.1) is 0 Å². The maximum Gasteiger partial charge on any atom is 0.339 e. The second-order valence-corrected chi connectivity index (χ2v) is 7.57. The number of imidazole rings is 1. The lowest BCUT2D eigenvalue weighted by molar-refractivity contribution is 0.0599. The zero-order valence-electron chi connectivity index (χ0n) is 16.4. The van der Waals surface area contributed by atoms with Crippen LogP contribution in [-0.4, -0.2) is 39.6 Å².